The molecule has 8 aromatic carbocycles. The number of furan rings is 1. The molecule has 0 N–H and O–H groups in total. The van der Waals surface area contributed by atoms with Crippen LogP contribution in [-0.2, 0) is 0 Å². The standard InChI is InChI=1S/C48H29NOS2/c1-3-14-30(15-4-1)32-28-39(45-34-18-7-10-22-40(34)50-41(45)29-32)49(37-21-13-25-44-46(37)35-19-8-11-23-42(35)51-44)38-27-26-33(31-16-5-2-6-17-31)48-47(38)36-20-9-12-24-43(36)52-48/h1-29H. The van der Waals surface area contributed by atoms with Gasteiger partial charge in [-0.05, 0) is 70.8 Å². The average Bonchev–Trinajstić information content (AvgIpc) is 3.90. The molecule has 0 aliphatic carbocycles. The second-order valence-corrected chi connectivity index (χ2v) is 15.4. The molecule has 0 fully saturated rings. The average molecular weight is 700 g/mol. The van der Waals surface area contributed by atoms with Gasteiger partial charge in [0.1, 0.15) is 11.2 Å². The van der Waals surface area contributed by atoms with Gasteiger partial charge in [-0.25, -0.2) is 0 Å². The van der Waals surface area contributed by atoms with Gasteiger partial charge in [0.25, 0.3) is 0 Å². The van der Waals surface area contributed by atoms with Gasteiger partial charge < -0.3 is 9.32 Å². The summed E-state index contributed by atoms with van der Waals surface area (Å²) in [5.74, 6) is 0. The molecule has 11 aromatic rings. The maximum atomic E-state index is 6.72. The Kier molecular flexibility index (Phi) is 6.63. The first-order chi connectivity index (χ1) is 25.8. The van der Waals surface area contributed by atoms with Gasteiger partial charge in [-0.15, -0.1) is 22.7 Å². The third kappa shape index (κ3) is 4.48. The Bertz CT molecular complexity index is 3130. The minimum Gasteiger partial charge on any atom is -0.456 e. The summed E-state index contributed by atoms with van der Waals surface area (Å²) in [4.78, 5) is 2.54. The Labute approximate surface area is 308 Å². The Morgan fingerprint density at radius 2 is 0.981 bits per heavy atom. The van der Waals surface area contributed by atoms with Gasteiger partial charge in [-0.1, -0.05) is 127 Å². The highest BCUT2D eigenvalue weighted by atomic mass is 32.1. The van der Waals surface area contributed by atoms with Crippen molar-refractivity contribution in [3.8, 4) is 22.3 Å². The monoisotopic (exact) mass is 699 g/mol. The molecule has 0 atom stereocenters. The fourth-order valence-corrected chi connectivity index (χ4v) is 10.4. The molecule has 0 saturated carbocycles. The van der Waals surface area contributed by atoms with E-state index in [4.69, 9.17) is 4.42 Å². The van der Waals surface area contributed by atoms with Crippen molar-refractivity contribution >= 4 is 102 Å². The summed E-state index contributed by atoms with van der Waals surface area (Å²) in [5, 5.41) is 7.25. The maximum absolute atomic E-state index is 6.72. The third-order valence-electron chi connectivity index (χ3n) is 10.3. The molecule has 11 rings (SSSR count). The second kappa shape index (κ2) is 11.7. The quantitative estimate of drug-likeness (QED) is 0.178. The predicted molar refractivity (Wildman–Crippen MR) is 225 cm³/mol. The van der Waals surface area contributed by atoms with Crippen LogP contribution in [-0.4, -0.2) is 0 Å². The second-order valence-electron chi connectivity index (χ2n) is 13.2. The van der Waals surface area contributed by atoms with Gasteiger partial charge in [-0.3, -0.25) is 0 Å². The molecule has 2 nitrogen and oxygen atoms in total. The first-order valence-corrected chi connectivity index (χ1v) is 19.1. The van der Waals surface area contributed by atoms with Crippen LogP contribution in [0.15, 0.2) is 180 Å². The number of fused-ring (bicyclic) bond motifs is 9. The number of hydrogen-bond donors (Lipinski definition) is 0. The van der Waals surface area contributed by atoms with Gasteiger partial charge in [0.15, 0.2) is 0 Å². The van der Waals surface area contributed by atoms with Crippen LogP contribution in [0.3, 0.4) is 0 Å². The summed E-state index contributed by atoms with van der Waals surface area (Å²) in [6.45, 7) is 0. The molecular weight excluding hydrogens is 671 g/mol. The number of rotatable bonds is 5. The van der Waals surface area contributed by atoms with Crippen LogP contribution in [0.25, 0.3) is 84.5 Å². The van der Waals surface area contributed by atoms with E-state index in [-0.39, 0.29) is 0 Å². The van der Waals surface area contributed by atoms with E-state index in [1.54, 1.807) is 0 Å². The molecule has 244 valence electrons. The molecule has 3 heterocycles. The number of thiophene rings is 2. The summed E-state index contributed by atoms with van der Waals surface area (Å²) >= 11 is 3.73. The lowest BCUT2D eigenvalue weighted by molar-refractivity contribution is 0.669. The zero-order valence-corrected chi connectivity index (χ0v) is 29.5. The van der Waals surface area contributed by atoms with E-state index in [9.17, 15) is 0 Å². The van der Waals surface area contributed by atoms with Crippen LogP contribution in [0.2, 0.25) is 0 Å². The summed E-state index contributed by atoms with van der Waals surface area (Å²) in [5.41, 5.74) is 9.87. The molecule has 0 saturated heterocycles. The van der Waals surface area contributed by atoms with Crippen molar-refractivity contribution in [3.63, 3.8) is 0 Å². The molecular formula is C48H29NOS2. The lowest BCUT2D eigenvalue weighted by atomic mass is 9.97. The lowest BCUT2D eigenvalue weighted by Crippen LogP contribution is -2.11. The molecule has 0 bridgehead atoms. The third-order valence-corrected chi connectivity index (χ3v) is 12.6. The van der Waals surface area contributed by atoms with E-state index < -0.39 is 0 Å². The topological polar surface area (TPSA) is 16.4 Å². The minimum atomic E-state index is 0.872. The van der Waals surface area contributed by atoms with E-state index in [1.807, 2.05) is 22.7 Å². The largest absolute Gasteiger partial charge is 0.456 e. The molecule has 0 amide bonds. The van der Waals surface area contributed by atoms with E-state index in [1.165, 1.54) is 51.5 Å². The van der Waals surface area contributed by atoms with Crippen LogP contribution >= 0.6 is 22.7 Å². The van der Waals surface area contributed by atoms with Gasteiger partial charge in [0.05, 0.1) is 22.4 Å². The van der Waals surface area contributed by atoms with E-state index in [0.29, 0.717) is 0 Å². The Morgan fingerprint density at radius 1 is 0.365 bits per heavy atom. The van der Waals surface area contributed by atoms with Crippen molar-refractivity contribution < 1.29 is 4.42 Å². The van der Waals surface area contributed by atoms with Crippen LogP contribution < -0.4 is 4.90 Å². The summed E-state index contributed by atoms with van der Waals surface area (Å²) in [6.07, 6.45) is 0. The number of benzene rings is 8. The number of anilines is 3. The van der Waals surface area contributed by atoms with Crippen LogP contribution in [0.1, 0.15) is 0 Å². The summed E-state index contributed by atoms with van der Waals surface area (Å²) in [7, 11) is 0. The minimum absolute atomic E-state index is 0.872. The van der Waals surface area contributed by atoms with Gasteiger partial charge in [-0.2, -0.15) is 0 Å². The van der Waals surface area contributed by atoms with Crippen molar-refractivity contribution in [1.29, 1.82) is 0 Å². The maximum Gasteiger partial charge on any atom is 0.138 e. The zero-order valence-electron chi connectivity index (χ0n) is 27.9. The Morgan fingerprint density at radius 3 is 1.77 bits per heavy atom. The highest BCUT2D eigenvalue weighted by Crippen LogP contribution is 2.53. The van der Waals surface area contributed by atoms with Crippen molar-refractivity contribution in [1.82, 2.24) is 0 Å². The van der Waals surface area contributed by atoms with E-state index >= 15 is 0 Å². The van der Waals surface area contributed by atoms with Gasteiger partial charge >= 0.3 is 0 Å². The smallest absolute Gasteiger partial charge is 0.138 e. The number of nitrogens with zero attached hydrogens (tertiary/aromatic N) is 1. The van der Waals surface area contributed by atoms with Gasteiger partial charge in [0.2, 0.25) is 0 Å². The Hall–Kier alpha value is -6.20. The summed E-state index contributed by atoms with van der Waals surface area (Å²) in [6, 6.07) is 63.6. The van der Waals surface area contributed by atoms with E-state index in [2.05, 4.69) is 181 Å². The first-order valence-electron chi connectivity index (χ1n) is 17.5. The van der Waals surface area contributed by atoms with Crippen LogP contribution in [0.5, 0.6) is 0 Å². The van der Waals surface area contributed by atoms with Crippen molar-refractivity contribution in [2.75, 3.05) is 4.90 Å². The highest BCUT2D eigenvalue weighted by molar-refractivity contribution is 7.26. The fraction of sp³-hybridized carbons (Fsp3) is 0. The number of para-hydroxylation sites is 1. The molecule has 0 unspecified atom stereocenters. The lowest BCUT2D eigenvalue weighted by Gasteiger charge is -2.29. The predicted octanol–water partition coefficient (Wildman–Crippen LogP) is 15.1. The molecule has 3 aromatic heterocycles. The molecule has 4 heteroatoms. The molecule has 0 spiro atoms. The van der Waals surface area contributed by atoms with Gasteiger partial charge in [0, 0.05) is 45.7 Å². The SMILES string of the molecule is c1ccc(-c2cc(N(c3cccc4sc5ccccc5c34)c3ccc(-c4ccccc4)c4sc5ccccc5c34)c3c(c2)oc2ccccc23)cc1. The normalized spacial score (nSPS) is 11.8. The zero-order chi connectivity index (χ0) is 34.2. The van der Waals surface area contributed by atoms with E-state index in [0.717, 1.165) is 50.1 Å². The molecule has 0 aliphatic rings. The summed E-state index contributed by atoms with van der Waals surface area (Å²) < 4.78 is 11.8. The van der Waals surface area contributed by atoms with Crippen molar-refractivity contribution in [3.05, 3.63) is 176 Å². The Balaban J connectivity index is 1.34. The fourth-order valence-electron chi connectivity index (χ4n) is 7.98. The molecule has 0 radical (unpaired) electrons. The van der Waals surface area contributed by atoms with Crippen LogP contribution in [0, 0.1) is 0 Å². The molecule has 0 aliphatic heterocycles. The highest BCUT2D eigenvalue weighted by Gasteiger charge is 2.27. The molecule has 52 heavy (non-hydrogen) atoms. The van der Waals surface area contributed by atoms with Crippen LogP contribution in [0.4, 0.5) is 17.1 Å². The first kappa shape index (κ1) is 29.5. The number of hydrogen-bond acceptors (Lipinski definition) is 4. The van der Waals surface area contributed by atoms with Crippen molar-refractivity contribution in [2.45, 2.75) is 0 Å². The van der Waals surface area contributed by atoms with Crippen molar-refractivity contribution in [2.24, 2.45) is 0 Å².